The van der Waals surface area contributed by atoms with E-state index in [9.17, 15) is 14.9 Å². The van der Waals surface area contributed by atoms with E-state index in [0.717, 1.165) is 23.5 Å². The first-order chi connectivity index (χ1) is 18.0. The molecule has 0 radical (unpaired) electrons. The van der Waals surface area contributed by atoms with E-state index in [0.29, 0.717) is 18.7 Å². The number of ether oxygens (including phenoxy) is 2. The van der Waals surface area contributed by atoms with Crippen molar-refractivity contribution in [3.8, 4) is 11.5 Å². The molecule has 0 saturated heterocycles. The van der Waals surface area contributed by atoms with Gasteiger partial charge in [-0.2, -0.15) is 0 Å². The van der Waals surface area contributed by atoms with Crippen molar-refractivity contribution in [3.63, 3.8) is 0 Å². The van der Waals surface area contributed by atoms with Crippen LogP contribution in [0.2, 0.25) is 0 Å². The fourth-order valence-electron chi connectivity index (χ4n) is 3.96. The van der Waals surface area contributed by atoms with Gasteiger partial charge < -0.3 is 14.4 Å². The summed E-state index contributed by atoms with van der Waals surface area (Å²) in [5.74, 6) is -0.0627. The lowest BCUT2D eigenvalue weighted by Crippen LogP contribution is -2.26. The Hall–Kier alpha value is -4.79. The van der Waals surface area contributed by atoms with E-state index in [-0.39, 0.29) is 22.7 Å². The van der Waals surface area contributed by atoms with Gasteiger partial charge in [-0.1, -0.05) is 12.1 Å². The summed E-state index contributed by atoms with van der Waals surface area (Å²) < 4.78 is 10.4. The van der Waals surface area contributed by atoms with Crippen LogP contribution in [0.5, 0.6) is 11.5 Å². The standard InChI is InChI=1S/C28H26N4O5/c1-36-26-17-24(25(32(34)35)18-27(26)37-2)28(33)20-9-11-23(12-10-20)31(19-22-8-4-6-15-30-22)16-13-21-7-3-5-14-29-21/h3-12,14-15,17-18H,13,16,19H2,1-2H3. The molecule has 0 bridgehead atoms. The Morgan fingerprint density at radius 3 is 2.08 bits per heavy atom. The summed E-state index contributed by atoms with van der Waals surface area (Å²) >= 11 is 0. The molecule has 0 saturated carbocycles. The van der Waals surface area contributed by atoms with Crippen LogP contribution in [0.15, 0.2) is 85.2 Å². The zero-order valence-electron chi connectivity index (χ0n) is 20.5. The Morgan fingerprint density at radius 2 is 1.51 bits per heavy atom. The summed E-state index contributed by atoms with van der Waals surface area (Å²) in [6.45, 7) is 1.25. The van der Waals surface area contributed by atoms with Crippen LogP contribution in [0.3, 0.4) is 0 Å². The molecule has 188 valence electrons. The second-order valence-corrected chi connectivity index (χ2v) is 8.17. The van der Waals surface area contributed by atoms with Gasteiger partial charge in [0.25, 0.3) is 5.69 Å². The SMILES string of the molecule is COc1cc(C(=O)c2ccc(N(CCc3ccccn3)Cc3ccccn3)cc2)c([N+](=O)[O-])cc1OC. The third-order valence-corrected chi connectivity index (χ3v) is 5.88. The number of ketones is 1. The number of pyridine rings is 2. The van der Waals surface area contributed by atoms with Crippen LogP contribution >= 0.6 is 0 Å². The summed E-state index contributed by atoms with van der Waals surface area (Å²) in [5.41, 5.74) is 2.67. The molecule has 9 nitrogen and oxygen atoms in total. The highest BCUT2D eigenvalue weighted by molar-refractivity contribution is 6.12. The maximum absolute atomic E-state index is 13.3. The molecule has 37 heavy (non-hydrogen) atoms. The maximum atomic E-state index is 13.3. The first kappa shape index (κ1) is 25.3. The van der Waals surface area contributed by atoms with Crippen molar-refractivity contribution in [2.75, 3.05) is 25.7 Å². The van der Waals surface area contributed by atoms with Crippen LogP contribution < -0.4 is 14.4 Å². The molecule has 0 amide bonds. The zero-order chi connectivity index (χ0) is 26.2. The number of nitro groups is 1. The topological polar surface area (TPSA) is 108 Å². The van der Waals surface area contributed by atoms with E-state index < -0.39 is 10.7 Å². The molecule has 0 atom stereocenters. The molecular formula is C28H26N4O5. The van der Waals surface area contributed by atoms with Gasteiger partial charge in [-0.3, -0.25) is 24.9 Å². The van der Waals surface area contributed by atoms with Gasteiger partial charge >= 0.3 is 0 Å². The third kappa shape index (κ3) is 6.07. The fraction of sp³-hybridized carbons (Fsp3) is 0.179. The fourth-order valence-corrected chi connectivity index (χ4v) is 3.96. The minimum absolute atomic E-state index is 0.0732. The number of hydrogen-bond acceptors (Lipinski definition) is 8. The monoisotopic (exact) mass is 498 g/mol. The predicted molar refractivity (Wildman–Crippen MR) is 139 cm³/mol. The Labute approximate surface area is 214 Å². The van der Waals surface area contributed by atoms with Gasteiger partial charge in [-0.25, -0.2) is 0 Å². The van der Waals surface area contributed by atoms with E-state index in [4.69, 9.17) is 9.47 Å². The number of methoxy groups -OCH3 is 2. The van der Waals surface area contributed by atoms with Gasteiger partial charge in [0.05, 0.1) is 37.4 Å². The molecule has 2 heterocycles. The zero-order valence-corrected chi connectivity index (χ0v) is 20.5. The lowest BCUT2D eigenvalue weighted by molar-refractivity contribution is -0.385. The quantitative estimate of drug-likeness (QED) is 0.164. The minimum atomic E-state index is -0.601. The maximum Gasteiger partial charge on any atom is 0.284 e. The highest BCUT2D eigenvalue weighted by atomic mass is 16.6. The van der Waals surface area contributed by atoms with Gasteiger partial charge in [-0.15, -0.1) is 0 Å². The van der Waals surface area contributed by atoms with Gasteiger partial charge in [0.15, 0.2) is 17.3 Å². The smallest absolute Gasteiger partial charge is 0.284 e. The molecule has 4 rings (SSSR count). The van der Waals surface area contributed by atoms with Crippen LogP contribution in [0.1, 0.15) is 27.3 Å². The number of nitro benzene ring substituents is 1. The summed E-state index contributed by atoms with van der Waals surface area (Å²) in [7, 11) is 2.79. The number of hydrogen-bond donors (Lipinski definition) is 0. The Balaban J connectivity index is 1.61. The van der Waals surface area contributed by atoms with E-state index in [1.807, 2.05) is 48.5 Å². The summed E-state index contributed by atoms with van der Waals surface area (Å²) in [5, 5.41) is 11.7. The first-order valence-corrected chi connectivity index (χ1v) is 11.6. The Bertz CT molecular complexity index is 1360. The normalized spacial score (nSPS) is 10.5. The third-order valence-electron chi connectivity index (χ3n) is 5.88. The van der Waals surface area contributed by atoms with Crippen molar-refractivity contribution in [3.05, 3.63) is 118 Å². The Kier molecular flexibility index (Phi) is 8.05. The Morgan fingerprint density at radius 1 is 0.892 bits per heavy atom. The molecule has 0 N–H and O–H groups in total. The average Bonchev–Trinajstić information content (AvgIpc) is 2.95. The minimum Gasteiger partial charge on any atom is -0.493 e. The van der Waals surface area contributed by atoms with Crippen molar-refractivity contribution in [2.24, 2.45) is 0 Å². The van der Waals surface area contributed by atoms with Crippen molar-refractivity contribution < 1.29 is 19.2 Å². The summed E-state index contributed by atoms with van der Waals surface area (Å²) in [6.07, 6.45) is 4.25. The van der Waals surface area contributed by atoms with E-state index >= 15 is 0 Å². The van der Waals surface area contributed by atoms with Crippen LogP contribution in [0.25, 0.3) is 0 Å². The van der Waals surface area contributed by atoms with Crippen LogP contribution in [-0.2, 0) is 13.0 Å². The van der Waals surface area contributed by atoms with Crippen LogP contribution in [0, 0.1) is 10.1 Å². The van der Waals surface area contributed by atoms with E-state index in [1.54, 1.807) is 24.5 Å². The number of carbonyl (C=O) groups is 1. The first-order valence-electron chi connectivity index (χ1n) is 11.6. The van der Waals surface area contributed by atoms with Crippen LogP contribution in [0.4, 0.5) is 11.4 Å². The highest BCUT2D eigenvalue weighted by Gasteiger charge is 2.25. The number of benzene rings is 2. The largest absolute Gasteiger partial charge is 0.493 e. The van der Waals surface area contributed by atoms with Crippen molar-refractivity contribution >= 4 is 17.2 Å². The number of nitrogens with zero attached hydrogens (tertiary/aromatic N) is 4. The average molecular weight is 499 g/mol. The molecule has 0 unspecified atom stereocenters. The molecule has 0 aliphatic rings. The van der Waals surface area contributed by atoms with Gasteiger partial charge in [0.2, 0.25) is 0 Å². The second kappa shape index (κ2) is 11.8. The highest BCUT2D eigenvalue weighted by Crippen LogP contribution is 2.35. The number of aromatic nitrogens is 2. The lowest BCUT2D eigenvalue weighted by atomic mass is 10.0. The van der Waals surface area contributed by atoms with Crippen LogP contribution in [-0.4, -0.2) is 41.4 Å². The van der Waals surface area contributed by atoms with Gasteiger partial charge in [0.1, 0.15) is 5.56 Å². The van der Waals surface area contributed by atoms with E-state index in [2.05, 4.69) is 14.9 Å². The lowest BCUT2D eigenvalue weighted by Gasteiger charge is -2.25. The molecule has 2 aromatic carbocycles. The van der Waals surface area contributed by atoms with Crippen molar-refractivity contribution in [1.29, 1.82) is 0 Å². The molecule has 0 fully saturated rings. The second-order valence-electron chi connectivity index (χ2n) is 8.17. The molecule has 0 aliphatic heterocycles. The van der Waals surface area contributed by atoms with Crippen molar-refractivity contribution in [2.45, 2.75) is 13.0 Å². The van der Waals surface area contributed by atoms with E-state index in [1.165, 1.54) is 26.4 Å². The molecule has 0 spiro atoms. The number of anilines is 1. The number of carbonyl (C=O) groups excluding carboxylic acids is 1. The summed E-state index contributed by atoms with van der Waals surface area (Å²) in [6, 6.07) is 21.1. The van der Waals surface area contributed by atoms with Gasteiger partial charge in [-0.05, 0) is 48.5 Å². The molecule has 9 heteroatoms. The number of rotatable bonds is 11. The van der Waals surface area contributed by atoms with Crippen molar-refractivity contribution in [1.82, 2.24) is 9.97 Å². The molecule has 0 aliphatic carbocycles. The molecular weight excluding hydrogens is 472 g/mol. The summed E-state index contributed by atoms with van der Waals surface area (Å²) in [4.78, 5) is 35.4. The predicted octanol–water partition coefficient (Wildman–Crippen LogP) is 4.88. The molecule has 4 aromatic rings. The molecule has 2 aromatic heterocycles. The van der Waals surface area contributed by atoms with Gasteiger partial charge in [0, 0.05) is 48.4 Å².